The van der Waals surface area contributed by atoms with Crippen LogP contribution in [0.4, 0.5) is 10.1 Å². The number of carbonyl (C=O) groups is 2. The van der Waals surface area contributed by atoms with Crippen LogP contribution in [-0.4, -0.2) is 23.9 Å². The first-order chi connectivity index (χ1) is 12.4. The van der Waals surface area contributed by atoms with Crippen molar-refractivity contribution in [2.45, 2.75) is 38.3 Å². The van der Waals surface area contributed by atoms with E-state index in [0.717, 1.165) is 16.8 Å². The summed E-state index contributed by atoms with van der Waals surface area (Å²) in [6.07, 6.45) is 0.736. The van der Waals surface area contributed by atoms with Crippen molar-refractivity contribution < 1.29 is 14.0 Å². The number of anilines is 1. The molecule has 1 aliphatic heterocycles. The van der Waals surface area contributed by atoms with E-state index in [1.807, 2.05) is 25.1 Å². The Morgan fingerprint density at radius 3 is 2.78 bits per heavy atom. The molecule has 2 atom stereocenters. The van der Waals surface area contributed by atoms with Gasteiger partial charge >= 0.3 is 0 Å². The number of hydrogen-bond donors (Lipinski definition) is 3. The second-order valence-electron chi connectivity index (χ2n) is 6.67. The highest BCUT2D eigenvalue weighted by Crippen LogP contribution is 2.25. The van der Waals surface area contributed by atoms with Gasteiger partial charge in [0.25, 0.3) is 0 Å². The molecule has 0 aliphatic carbocycles. The van der Waals surface area contributed by atoms with Crippen LogP contribution in [0, 0.1) is 12.7 Å². The van der Waals surface area contributed by atoms with Crippen molar-refractivity contribution >= 4 is 29.9 Å². The Balaban J connectivity index is 0.00000261. The zero-order valence-electron chi connectivity index (χ0n) is 15.0. The Labute approximate surface area is 163 Å². The molecular weight excluding hydrogens is 369 g/mol. The van der Waals surface area contributed by atoms with Crippen LogP contribution in [0.3, 0.4) is 0 Å². The van der Waals surface area contributed by atoms with Crippen LogP contribution in [0.1, 0.15) is 23.1 Å². The fraction of sp³-hybridized carbons (Fsp3) is 0.300. The van der Waals surface area contributed by atoms with Crippen molar-refractivity contribution in [2.75, 3.05) is 5.32 Å². The number of hydrogen-bond acceptors (Lipinski definition) is 3. The minimum atomic E-state index is -0.628. The second kappa shape index (κ2) is 8.97. The maximum absolute atomic E-state index is 13.7. The molecule has 1 heterocycles. The van der Waals surface area contributed by atoms with Gasteiger partial charge in [-0.05, 0) is 42.2 Å². The Bertz CT molecular complexity index is 844. The number of fused-ring (bicyclic) bond motifs is 1. The summed E-state index contributed by atoms with van der Waals surface area (Å²) in [5, 5.41) is 5.57. The molecule has 2 aromatic rings. The zero-order chi connectivity index (χ0) is 18.7. The highest BCUT2D eigenvalue weighted by Gasteiger charge is 2.28. The van der Waals surface area contributed by atoms with Crippen molar-refractivity contribution in [2.24, 2.45) is 5.73 Å². The van der Waals surface area contributed by atoms with Crippen molar-refractivity contribution in [1.29, 1.82) is 0 Å². The standard InChI is InChI=1S/C20H22FN3O2.ClH/c1-12-5-4-8-17-15(12)11-18(20(26)24-17)23-19(25)10-14(22)9-13-6-2-3-7-16(13)21;/h2-8,14,18H,9-11,22H2,1H3,(H,23,25)(H,24,26);1H. The van der Waals surface area contributed by atoms with Crippen LogP contribution in [0.25, 0.3) is 0 Å². The van der Waals surface area contributed by atoms with Gasteiger partial charge in [-0.3, -0.25) is 9.59 Å². The minimum Gasteiger partial charge on any atom is -0.344 e. The van der Waals surface area contributed by atoms with E-state index in [4.69, 9.17) is 5.73 Å². The number of nitrogens with one attached hydrogen (secondary N) is 2. The van der Waals surface area contributed by atoms with Gasteiger partial charge in [-0.15, -0.1) is 12.4 Å². The second-order valence-corrected chi connectivity index (χ2v) is 6.67. The van der Waals surface area contributed by atoms with E-state index >= 15 is 0 Å². The molecule has 4 N–H and O–H groups in total. The maximum atomic E-state index is 13.7. The first-order valence-corrected chi connectivity index (χ1v) is 8.61. The molecule has 144 valence electrons. The van der Waals surface area contributed by atoms with Crippen molar-refractivity contribution in [3.8, 4) is 0 Å². The lowest BCUT2D eigenvalue weighted by Crippen LogP contribution is -2.49. The fourth-order valence-electron chi connectivity index (χ4n) is 3.23. The van der Waals surface area contributed by atoms with E-state index in [0.29, 0.717) is 12.0 Å². The maximum Gasteiger partial charge on any atom is 0.247 e. The number of halogens is 2. The number of aryl methyl sites for hydroxylation is 1. The lowest BCUT2D eigenvalue weighted by atomic mass is 9.94. The molecule has 2 aromatic carbocycles. The largest absolute Gasteiger partial charge is 0.344 e. The van der Waals surface area contributed by atoms with Gasteiger partial charge in [0.2, 0.25) is 11.8 Å². The highest BCUT2D eigenvalue weighted by molar-refractivity contribution is 6.00. The van der Waals surface area contributed by atoms with Gasteiger partial charge in [-0.25, -0.2) is 4.39 Å². The van der Waals surface area contributed by atoms with Crippen LogP contribution >= 0.6 is 12.4 Å². The molecule has 0 saturated heterocycles. The van der Waals surface area contributed by atoms with Gasteiger partial charge < -0.3 is 16.4 Å². The molecule has 0 radical (unpaired) electrons. The van der Waals surface area contributed by atoms with Crippen LogP contribution in [-0.2, 0) is 22.4 Å². The number of benzene rings is 2. The molecule has 2 amide bonds. The predicted molar refractivity (Wildman–Crippen MR) is 105 cm³/mol. The summed E-state index contributed by atoms with van der Waals surface area (Å²) in [6.45, 7) is 1.97. The molecular formula is C20H23ClFN3O2. The lowest BCUT2D eigenvalue weighted by Gasteiger charge is -2.27. The van der Waals surface area contributed by atoms with E-state index in [9.17, 15) is 14.0 Å². The number of carbonyl (C=O) groups excluding carboxylic acids is 2. The van der Waals surface area contributed by atoms with Gasteiger partial charge in [-0.1, -0.05) is 30.3 Å². The average molecular weight is 392 g/mol. The molecule has 7 heteroatoms. The highest BCUT2D eigenvalue weighted by atomic mass is 35.5. The first-order valence-electron chi connectivity index (χ1n) is 8.61. The normalized spacial score (nSPS) is 16.6. The molecule has 5 nitrogen and oxygen atoms in total. The van der Waals surface area contributed by atoms with Crippen LogP contribution in [0.15, 0.2) is 42.5 Å². The van der Waals surface area contributed by atoms with Crippen LogP contribution in [0.5, 0.6) is 0 Å². The Morgan fingerprint density at radius 1 is 1.30 bits per heavy atom. The molecule has 0 fully saturated rings. The number of nitrogens with two attached hydrogens (primary N) is 1. The molecule has 2 unspecified atom stereocenters. The van der Waals surface area contributed by atoms with Gasteiger partial charge in [-0.2, -0.15) is 0 Å². The predicted octanol–water partition coefficient (Wildman–Crippen LogP) is 2.50. The molecule has 0 saturated carbocycles. The van der Waals surface area contributed by atoms with Gasteiger partial charge in [0.1, 0.15) is 11.9 Å². The molecule has 0 aromatic heterocycles. The summed E-state index contributed by atoms with van der Waals surface area (Å²) in [4.78, 5) is 24.5. The Hall–Kier alpha value is -2.44. The minimum absolute atomic E-state index is 0. The SMILES string of the molecule is Cc1cccc2c1CC(NC(=O)CC(N)Cc1ccccc1F)C(=O)N2.Cl. The van der Waals surface area contributed by atoms with E-state index in [2.05, 4.69) is 10.6 Å². The summed E-state index contributed by atoms with van der Waals surface area (Å²) < 4.78 is 13.7. The molecule has 27 heavy (non-hydrogen) atoms. The van der Waals surface area contributed by atoms with Gasteiger partial charge in [0.05, 0.1) is 0 Å². The Kier molecular flexibility index (Phi) is 6.93. The molecule has 3 rings (SSSR count). The topological polar surface area (TPSA) is 84.2 Å². The van der Waals surface area contributed by atoms with Crippen molar-refractivity contribution in [3.63, 3.8) is 0 Å². The van der Waals surface area contributed by atoms with Gasteiger partial charge in [0, 0.05) is 24.6 Å². The van der Waals surface area contributed by atoms with E-state index in [-0.39, 0.29) is 42.9 Å². The van der Waals surface area contributed by atoms with E-state index in [1.165, 1.54) is 6.07 Å². The molecule has 0 bridgehead atoms. The van der Waals surface area contributed by atoms with Crippen LogP contribution in [0.2, 0.25) is 0 Å². The monoisotopic (exact) mass is 391 g/mol. The molecule has 0 spiro atoms. The molecule has 1 aliphatic rings. The van der Waals surface area contributed by atoms with E-state index in [1.54, 1.807) is 18.2 Å². The third kappa shape index (κ3) is 5.05. The number of rotatable bonds is 5. The average Bonchev–Trinajstić information content (AvgIpc) is 2.58. The smallest absolute Gasteiger partial charge is 0.247 e. The first kappa shape index (κ1) is 20.9. The zero-order valence-corrected chi connectivity index (χ0v) is 15.8. The van der Waals surface area contributed by atoms with E-state index < -0.39 is 12.1 Å². The third-order valence-corrected chi connectivity index (χ3v) is 4.62. The summed E-state index contributed by atoms with van der Waals surface area (Å²) >= 11 is 0. The van der Waals surface area contributed by atoms with Crippen LogP contribution < -0.4 is 16.4 Å². The quantitative estimate of drug-likeness (QED) is 0.732. The summed E-state index contributed by atoms with van der Waals surface area (Å²) in [5.74, 6) is -0.882. The summed E-state index contributed by atoms with van der Waals surface area (Å²) in [5.41, 5.74) is 9.34. The summed E-state index contributed by atoms with van der Waals surface area (Å²) in [7, 11) is 0. The fourth-order valence-corrected chi connectivity index (χ4v) is 3.23. The van der Waals surface area contributed by atoms with Crippen molar-refractivity contribution in [1.82, 2.24) is 5.32 Å². The number of amides is 2. The third-order valence-electron chi connectivity index (χ3n) is 4.62. The van der Waals surface area contributed by atoms with Gasteiger partial charge in [0.15, 0.2) is 0 Å². The Morgan fingerprint density at radius 2 is 2.04 bits per heavy atom. The summed E-state index contributed by atoms with van der Waals surface area (Å²) in [6, 6.07) is 10.9. The lowest BCUT2D eigenvalue weighted by molar-refractivity contribution is -0.126. The van der Waals surface area contributed by atoms with Crippen molar-refractivity contribution in [3.05, 3.63) is 65.0 Å².